The molecule has 1 heterocycles. The first-order valence-corrected chi connectivity index (χ1v) is 7.31. The maximum absolute atomic E-state index is 11.0. The van der Waals surface area contributed by atoms with Crippen LogP contribution >= 0.6 is 15.9 Å². The van der Waals surface area contributed by atoms with Crippen molar-refractivity contribution in [3.05, 3.63) is 58.4 Å². The molecule has 1 atom stereocenters. The second kappa shape index (κ2) is 4.74. The summed E-state index contributed by atoms with van der Waals surface area (Å²) in [6.07, 6.45) is 2.20. The van der Waals surface area contributed by atoms with Gasteiger partial charge in [0.1, 0.15) is 6.26 Å². The smallest absolute Gasteiger partial charge is 0.315 e. The van der Waals surface area contributed by atoms with Crippen LogP contribution in [-0.4, -0.2) is 4.21 Å². The fourth-order valence-electron chi connectivity index (χ4n) is 1.95. The standard InChI is InChI=1S/C13H10BrNO2S/c14-13-3-1-2-10-5-4-9(7-12(10)13)6-11-8-17-18(16)15-11/h1-5,7-8,15H,6H2. The number of hydrogen-bond donors (Lipinski definition) is 1. The summed E-state index contributed by atoms with van der Waals surface area (Å²) in [6.45, 7) is 0. The molecular formula is C13H10BrNO2S. The van der Waals surface area contributed by atoms with E-state index >= 15 is 0 Å². The van der Waals surface area contributed by atoms with Crippen LogP contribution in [0.5, 0.6) is 0 Å². The number of halogens is 1. The minimum absolute atomic E-state index is 0.684. The van der Waals surface area contributed by atoms with Crippen molar-refractivity contribution in [3.8, 4) is 0 Å². The quantitative estimate of drug-likeness (QED) is 0.921. The molecule has 3 rings (SSSR count). The molecule has 3 nitrogen and oxygen atoms in total. The molecule has 0 amide bonds. The van der Waals surface area contributed by atoms with Crippen molar-refractivity contribution < 1.29 is 8.39 Å². The third kappa shape index (κ3) is 2.28. The van der Waals surface area contributed by atoms with E-state index in [1.807, 2.05) is 12.1 Å². The lowest BCUT2D eigenvalue weighted by Gasteiger charge is -2.05. The highest BCUT2D eigenvalue weighted by atomic mass is 79.9. The van der Waals surface area contributed by atoms with Crippen molar-refractivity contribution >= 4 is 38.0 Å². The van der Waals surface area contributed by atoms with Crippen molar-refractivity contribution in [2.45, 2.75) is 6.42 Å². The molecule has 0 aliphatic carbocycles. The molecule has 0 spiro atoms. The third-order valence-corrected chi connectivity index (χ3v) is 4.17. The highest BCUT2D eigenvalue weighted by molar-refractivity contribution is 9.10. The third-order valence-electron chi connectivity index (χ3n) is 2.78. The van der Waals surface area contributed by atoms with Gasteiger partial charge in [0.15, 0.2) is 0 Å². The van der Waals surface area contributed by atoms with E-state index < -0.39 is 11.3 Å². The molecule has 5 heteroatoms. The van der Waals surface area contributed by atoms with Crippen LogP contribution in [0.4, 0.5) is 0 Å². The van der Waals surface area contributed by atoms with Gasteiger partial charge in [-0.25, -0.2) is 0 Å². The molecule has 1 unspecified atom stereocenters. The van der Waals surface area contributed by atoms with Crippen molar-refractivity contribution in [2.24, 2.45) is 0 Å². The van der Waals surface area contributed by atoms with Gasteiger partial charge in [-0.3, -0.25) is 4.72 Å². The number of hydrogen-bond acceptors (Lipinski definition) is 2. The highest BCUT2D eigenvalue weighted by Gasteiger charge is 2.12. The summed E-state index contributed by atoms with van der Waals surface area (Å²) in [5.41, 5.74) is 1.98. The van der Waals surface area contributed by atoms with Crippen molar-refractivity contribution in [1.29, 1.82) is 0 Å². The van der Waals surface area contributed by atoms with Crippen LogP contribution < -0.4 is 4.72 Å². The molecule has 0 fully saturated rings. The van der Waals surface area contributed by atoms with Gasteiger partial charge < -0.3 is 4.18 Å². The average Bonchev–Trinajstić information content (AvgIpc) is 2.76. The molecular weight excluding hydrogens is 314 g/mol. The Morgan fingerprint density at radius 2 is 2.17 bits per heavy atom. The van der Waals surface area contributed by atoms with E-state index in [2.05, 4.69) is 44.9 Å². The molecule has 92 valence electrons. The summed E-state index contributed by atoms with van der Waals surface area (Å²) in [6, 6.07) is 12.4. The average molecular weight is 324 g/mol. The monoisotopic (exact) mass is 323 g/mol. The number of nitrogens with one attached hydrogen (secondary N) is 1. The van der Waals surface area contributed by atoms with Gasteiger partial charge in [0.2, 0.25) is 0 Å². The van der Waals surface area contributed by atoms with Gasteiger partial charge >= 0.3 is 11.3 Å². The van der Waals surface area contributed by atoms with Gasteiger partial charge in [0.05, 0.1) is 5.70 Å². The van der Waals surface area contributed by atoms with Crippen LogP contribution in [0.3, 0.4) is 0 Å². The van der Waals surface area contributed by atoms with Gasteiger partial charge in [0.25, 0.3) is 0 Å². The summed E-state index contributed by atoms with van der Waals surface area (Å²) in [5.74, 6) is 0. The summed E-state index contributed by atoms with van der Waals surface area (Å²) in [7, 11) is 0. The second-order valence-electron chi connectivity index (χ2n) is 4.05. The van der Waals surface area contributed by atoms with E-state index in [0.29, 0.717) is 6.42 Å². The zero-order chi connectivity index (χ0) is 12.5. The second-order valence-corrected chi connectivity index (χ2v) is 5.77. The fraction of sp³-hybridized carbons (Fsp3) is 0.0769. The fourth-order valence-corrected chi connectivity index (χ4v) is 3.03. The topological polar surface area (TPSA) is 38.3 Å². The highest BCUT2D eigenvalue weighted by Crippen LogP contribution is 2.25. The zero-order valence-electron chi connectivity index (χ0n) is 9.35. The SMILES string of the molecule is O=S1NC(Cc2ccc3cccc(Br)c3c2)=CO1. The number of benzene rings is 2. The molecule has 0 saturated heterocycles. The molecule has 2 aromatic carbocycles. The van der Waals surface area contributed by atoms with Crippen LogP contribution in [0, 0.1) is 0 Å². The molecule has 1 N–H and O–H groups in total. The maximum atomic E-state index is 11.0. The van der Waals surface area contributed by atoms with Crippen molar-refractivity contribution in [2.75, 3.05) is 0 Å². The Morgan fingerprint density at radius 3 is 2.94 bits per heavy atom. The predicted molar refractivity (Wildman–Crippen MR) is 75.8 cm³/mol. The summed E-state index contributed by atoms with van der Waals surface area (Å²) >= 11 is 2.14. The first-order valence-electron chi connectivity index (χ1n) is 5.44. The van der Waals surface area contributed by atoms with Gasteiger partial charge in [-0.2, -0.15) is 4.21 Å². The predicted octanol–water partition coefficient (Wildman–Crippen LogP) is 3.18. The Bertz CT molecular complexity index is 669. The van der Waals surface area contributed by atoms with E-state index in [1.54, 1.807) is 0 Å². The Labute approximate surface area is 116 Å². The van der Waals surface area contributed by atoms with Crippen LogP contribution in [-0.2, 0) is 21.9 Å². The Morgan fingerprint density at radius 1 is 1.28 bits per heavy atom. The van der Waals surface area contributed by atoms with Gasteiger partial charge in [-0.05, 0) is 28.5 Å². The van der Waals surface area contributed by atoms with Gasteiger partial charge in [-0.15, -0.1) is 0 Å². The minimum atomic E-state index is -1.41. The van der Waals surface area contributed by atoms with Crippen LogP contribution in [0.1, 0.15) is 5.56 Å². The summed E-state index contributed by atoms with van der Waals surface area (Å²) in [5, 5.41) is 2.37. The number of fused-ring (bicyclic) bond motifs is 1. The van der Waals surface area contributed by atoms with E-state index in [4.69, 9.17) is 4.18 Å². The largest absolute Gasteiger partial charge is 0.391 e. The first-order chi connectivity index (χ1) is 8.72. The van der Waals surface area contributed by atoms with E-state index in [9.17, 15) is 4.21 Å². The van der Waals surface area contributed by atoms with Crippen LogP contribution in [0.2, 0.25) is 0 Å². The summed E-state index contributed by atoms with van der Waals surface area (Å²) < 4.78 is 19.7. The van der Waals surface area contributed by atoms with E-state index in [0.717, 1.165) is 15.7 Å². The first kappa shape index (κ1) is 11.7. The molecule has 2 aromatic rings. The molecule has 18 heavy (non-hydrogen) atoms. The van der Waals surface area contributed by atoms with Gasteiger partial charge in [0, 0.05) is 10.9 Å². The zero-order valence-corrected chi connectivity index (χ0v) is 11.8. The number of rotatable bonds is 2. The summed E-state index contributed by atoms with van der Waals surface area (Å²) in [4.78, 5) is 0. The normalized spacial score (nSPS) is 18.3. The molecule has 0 saturated carbocycles. The molecule has 1 aliphatic heterocycles. The Hall–Kier alpha value is -1.33. The lowest BCUT2D eigenvalue weighted by Crippen LogP contribution is -2.11. The molecule has 0 bridgehead atoms. The van der Waals surface area contributed by atoms with Crippen LogP contribution in [0.15, 0.2) is 52.8 Å². The molecule has 0 radical (unpaired) electrons. The lowest BCUT2D eigenvalue weighted by atomic mass is 10.0. The Kier molecular flexibility index (Phi) is 3.09. The lowest BCUT2D eigenvalue weighted by molar-refractivity contribution is 0.516. The molecule has 1 aliphatic rings. The van der Waals surface area contributed by atoms with Crippen LogP contribution in [0.25, 0.3) is 10.8 Å². The Balaban J connectivity index is 1.94. The van der Waals surface area contributed by atoms with Gasteiger partial charge in [-0.1, -0.05) is 40.2 Å². The molecule has 0 aromatic heterocycles. The van der Waals surface area contributed by atoms with Crippen molar-refractivity contribution in [3.63, 3.8) is 0 Å². The van der Waals surface area contributed by atoms with E-state index in [-0.39, 0.29) is 0 Å². The minimum Gasteiger partial charge on any atom is -0.391 e. The van der Waals surface area contributed by atoms with E-state index in [1.165, 1.54) is 17.0 Å². The maximum Gasteiger partial charge on any atom is 0.315 e. The number of allylic oxidation sites excluding steroid dienone is 1. The van der Waals surface area contributed by atoms with Crippen molar-refractivity contribution in [1.82, 2.24) is 4.72 Å².